The Hall–Kier alpha value is -1.82. The first-order chi connectivity index (χ1) is 14.0. The van der Waals surface area contributed by atoms with Crippen LogP contribution < -0.4 is 9.64 Å². The molecule has 3 aliphatic heterocycles. The van der Waals surface area contributed by atoms with E-state index >= 15 is 0 Å². The molecule has 29 heavy (non-hydrogen) atoms. The molecule has 0 N–H and O–H groups in total. The Morgan fingerprint density at radius 3 is 2.79 bits per heavy atom. The van der Waals surface area contributed by atoms with E-state index in [1.54, 1.807) is 11.8 Å². The van der Waals surface area contributed by atoms with E-state index in [1.807, 2.05) is 30.4 Å². The number of hydrogen-bond acceptors (Lipinski definition) is 4. The summed E-state index contributed by atoms with van der Waals surface area (Å²) in [6.07, 6.45) is 8.76. The summed E-state index contributed by atoms with van der Waals surface area (Å²) < 4.78 is 15.3. The molecule has 7 heteroatoms. The van der Waals surface area contributed by atoms with Gasteiger partial charge in [0.25, 0.3) is 5.04 Å². The van der Waals surface area contributed by atoms with Crippen LogP contribution in [0.15, 0.2) is 64.1 Å². The SMILES string of the molecule is CCC(=CC1OC2=CC=C(Cl)SC2=[N+]1CC)C=C1Oc2ccc(Cl)cc2N1CC. The molecule has 4 rings (SSSR count). The summed E-state index contributed by atoms with van der Waals surface area (Å²) in [7, 11) is 0. The fraction of sp³-hybridized carbons (Fsp3) is 0.318. The van der Waals surface area contributed by atoms with Crippen LogP contribution in [0, 0.1) is 0 Å². The van der Waals surface area contributed by atoms with Crippen molar-refractivity contribution >= 4 is 45.7 Å². The maximum absolute atomic E-state index is 6.21. The predicted molar refractivity (Wildman–Crippen MR) is 122 cm³/mol. The second-order valence-corrected chi connectivity index (χ2v) is 8.84. The molecular weight excluding hydrogens is 427 g/mol. The van der Waals surface area contributed by atoms with E-state index in [-0.39, 0.29) is 6.23 Å². The molecule has 0 spiro atoms. The summed E-state index contributed by atoms with van der Waals surface area (Å²) in [6, 6.07) is 5.71. The van der Waals surface area contributed by atoms with E-state index in [9.17, 15) is 0 Å². The van der Waals surface area contributed by atoms with Gasteiger partial charge in [0.15, 0.2) is 5.75 Å². The zero-order chi connectivity index (χ0) is 20.5. The lowest BCUT2D eigenvalue weighted by Gasteiger charge is -2.16. The van der Waals surface area contributed by atoms with Crippen molar-refractivity contribution < 1.29 is 14.0 Å². The zero-order valence-electron chi connectivity index (χ0n) is 16.6. The molecule has 0 aromatic heterocycles. The summed E-state index contributed by atoms with van der Waals surface area (Å²) in [6.45, 7) is 7.98. The van der Waals surface area contributed by atoms with Gasteiger partial charge in [0.2, 0.25) is 11.6 Å². The zero-order valence-corrected chi connectivity index (χ0v) is 18.9. The van der Waals surface area contributed by atoms with Gasteiger partial charge >= 0.3 is 6.23 Å². The minimum atomic E-state index is -0.162. The van der Waals surface area contributed by atoms with Crippen molar-refractivity contribution in [2.45, 2.75) is 33.4 Å². The van der Waals surface area contributed by atoms with Gasteiger partial charge < -0.3 is 14.4 Å². The Bertz CT molecular complexity index is 995. The molecule has 1 atom stereocenters. The molecule has 152 valence electrons. The number of halogens is 2. The molecule has 1 unspecified atom stereocenters. The third kappa shape index (κ3) is 3.96. The smallest absolute Gasteiger partial charge is 0.318 e. The standard InChI is InChI=1S/C22H23Cl2N2O2S/c1-4-14(11-20-25(5-2)16-13-15(23)7-8-17(16)27-20)12-21-26(6-3)22-18(28-21)9-10-19(24)29-22/h7-13,21H,4-6H2,1-3H3/q+1. The summed E-state index contributed by atoms with van der Waals surface area (Å²) in [5, 5.41) is 1.77. The van der Waals surface area contributed by atoms with E-state index in [2.05, 4.69) is 42.4 Å². The van der Waals surface area contributed by atoms with Crippen LogP contribution in [0.25, 0.3) is 0 Å². The third-order valence-corrected chi connectivity index (χ3v) is 6.56. The van der Waals surface area contributed by atoms with Crippen LogP contribution in [0.5, 0.6) is 5.75 Å². The van der Waals surface area contributed by atoms with Gasteiger partial charge in [-0.25, -0.2) is 0 Å². The fourth-order valence-corrected chi connectivity index (χ4v) is 4.89. The highest BCUT2D eigenvalue weighted by Gasteiger charge is 2.39. The van der Waals surface area contributed by atoms with E-state index in [0.29, 0.717) is 5.02 Å². The topological polar surface area (TPSA) is 24.7 Å². The summed E-state index contributed by atoms with van der Waals surface area (Å²) in [5.74, 6) is 2.51. The van der Waals surface area contributed by atoms with Crippen LogP contribution in [0.2, 0.25) is 5.02 Å². The average molecular weight is 450 g/mol. The van der Waals surface area contributed by atoms with Gasteiger partial charge in [-0.1, -0.05) is 30.1 Å². The maximum atomic E-state index is 6.21. The molecule has 0 bridgehead atoms. The Morgan fingerprint density at radius 2 is 2.07 bits per heavy atom. The molecule has 0 fully saturated rings. The van der Waals surface area contributed by atoms with Gasteiger partial charge in [-0.3, -0.25) is 0 Å². The van der Waals surface area contributed by atoms with E-state index in [4.69, 9.17) is 32.7 Å². The minimum Gasteiger partial charge on any atom is -0.439 e. The quantitative estimate of drug-likeness (QED) is 0.496. The normalized spacial score (nSPS) is 22.2. The Balaban J connectivity index is 1.64. The van der Waals surface area contributed by atoms with Crippen molar-refractivity contribution in [2.75, 3.05) is 18.0 Å². The number of anilines is 1. The van der Waals surface area contributed by atoms with Crippen LogP contribution in [0.3, 0.4) is 0 Å². The van der Waals surface area contributed by atoms with Crippen molar-refractivity contribution in [1.29, 1.82) is 0 Å². The van der Waals surface area contributed by atoms with Crippen LogP contribution in [0.1, 0.15) is 27.2 Å². The Morgan fingerprint density at radius 1 is 1.24 bits per heavy atom. The molecule has 0 aliphatic carbocycles. The third-order valence-electron chi connectivity index (χ3n) is 5.01. The number of ether oxygens (including phenoxy) is 2. The van der Waals surface area contributed by atoms with Gasteiger partial charge in [0.05, 0.1) is 10.1 Å². The molecule has 0 radical (unpaired) electrons. The predicted octanol–water partition coefficient (Wildman–Crippen LogP) is 6.23. The van der Waals surface area contributed by atoms with E-state index in [1.165, 1.54) is 0 Å². The van der Waals surface area contributed by atoms with Crippen molar-refractivity contribution in [1.82, 2.24) is 0 Å². The number of rotatable bonds is 5. The second kappa shape index (κ2) is 8.50. The molecule has 4 nitrogen and oxygen atoms in total. The molecule has 0 saturated carbocycles. The summed E-state index contributed by atoms with van der Waals surface area (Å²) in [5.41, 5.74) is 2.14. The first-order valence-corrected chi connectivity index (χ1v) is 11.3. The second-order valence-electron chi connectivity index (χ2n) is 6.74. The molecule has 3 heterocycles. The summed E-state index contributed by atoms with van der Waals surface area (Å²) >= 11 is 13.9. The lowest BCUT2D eigenvalue weighted by atomic mass is 10.1. The molecule has 0 saturated heterocycles. The number of likely N-dealkylation sites (N-methyl/N-ethyl adjacent to an activating group) is 1. The number of thioether (sulfide) groups is 1. The van der Waals surface area contributed by atoms with Crippen LogP contribution in [-0.4, -0.2) is 28.9 Å². The lowest BCUT2D eigenvalue weighted by Crippen LogP contribution is -2.23. The molecule has 3 aliphatic rings. The van der Waals surface area contributed by atoms with Crippen LogP contribution in [-0.2, 0) is 4.74 Å². The molecule has 1 aromatic rings. The summed E-state index contributed by atoms with van der Waals surface area (Å²) in [4.78, 5) is 2.13. The Labute approximate surface area is 185 Å². The Kier molecular flexibility index (Phi) is 6.00. The number of benzene rings is 1. The van der Waals surface area contributed by atoms with Crippen molar-refractivity contribution in [3.63, 3.8) is 0 Å². The van der Waals surface area contributed by atoms with E-state index < -0.39 is 0 Å². The highest BCUT2D eigenvalue weighted by atomic mass is 35.5. The first-order valence-electron chi connectivity index (χ1n) is 9.77. The van der Waals surface area contributed by atoms with Gasteiger partial charge in [0, 0.05) is 23.7 Å². The van der Waals surface area contributed by atoms with Gasteiger partial charge in [-0.05, 0) is 68.0 Å². The van der Waals surface area contributed by atoms with E-state index in [0.717, 1.165) is 57.6 Å². The van der Waals surface area contributed by atoms with Crippen LogP contribution in [0.4, 0.5) is 5.69 Å². The monoisotopic (exact) mass is 449 g/mol. The first kappa shape index (κ1) is 20.5. The van der Waals surface area contributed by atoms with Gasteiger partial charge in [-0.15, -0.1) is 0 Å². The highest BCUT2D eigenvalue weighted by Crippen LogP contribution is 2.41. The largest absolute Gasteiger partial charge is 0.439 e. The average Bonchev–Trinajstić information content (AvgIpc) is 3.23. The van der Waals surface area contributed by atoms with Crippen molar-refractivity contribution in [3.05, 3.63) is 69.1 Å². The molecule has 1 aromatic carbocycles. The highest BCUT2D eigenvalue weighted by molar-refractivity contribution is 8.18. The fourth-order valence-electron chi connectivity index (χ4n) is 3.55. The van der Waals surface area contributed by atoms with Gasteiger partial charge in [0.1, 0.15) is 6.54 Å². The molecule has 0 amide bonds. The maximum Gasteiger partial charge on any atom is 0.318 e. The number of hydrogen-bond donors (Lipinski definition) is 0. The minimum absolute atomic E-state index is 0.162. The van der Waals surface area contributed by atoms with Gasteiger partial charge in [-0.2, -0.15) is 4.58 Å². The lowest BCUT2D eigenvalue weighted by molar-refractivity contribution is -0.576. The number of fused-ring (bicyclic) bond motifs is 2. The number of nitrogens with zero attached hydrogens (tertiary/aromatic N) is 2. The number of allylic oxidation sites excluding steroid dienone is 4. The van der Waals surface area contributed by atoms with Crippen molar-refractivity contribution in [2.24, 2.45) is 0 Å². The molecular formula is C22H23Cl2N2O2S+. The van der Waals surface area contributed by atoms with Crippen LogP contribution >= 0.6 is 35.0 Å². The van der Waals surface area contributed by atoms with Crippen molar-refractivity contribution in [3.8, 4) is 5.75 Å².